The average molecular weight is 760 g/mol. The van der Waals surface area contributed by atoms with Gasteiger partial charge in [0.05, 0.1) is 0 Å². The van der Waals surface area contributed by atoms with E-state index in [1.54, 1.807) is 0 Å². The van der Waals surface area contributed by atoms with Crippen LogP contribution in [0.15, 0.2) is 200 Å². The number of hydrogen-bond donors (Lipinski definition) is 0. The summed E-state index contributed by atoms with van der Waals surface area (Å²) < 4.78 is 0. The Labute approximate surface area is 344 Å². The van der Waals surface area contributed by atoms with Crippen molar-refractivity contribution in [2.75, 3.05) is 0 Å². The second-order valence-electron chi connectivity index (χ2n) is 16.1. The normalized spacial score (nSPS) is 12.0. The largest absolute Gasteiger partial charge is 0.208 e. The van der Waals surface area contributed by atoms with Gasteiger partial charge < -0.3 is 0 Å². The van der Waals surface area contributed by atoms with Crippen LogP contribution in [0.3, 0.4) is 0 Å². The highest BCUT2D eigenvalue weighted by atomic mass is 15.0. The predicted octanol–water partition coefficient (Wildman–Crippen LogP) is 15.3. The molecule has 0 fully saturated rings. The van der Waals surface area contributed by atoms with Gasteiger partial charge in [-0.3, -0.25) is 0 Å². The van der Waals surface area contributed by atoms with Crippen LogP contribution in [0.2, 0.25) is 0 Å². The lowest BCUT2D eigenvalue weighted by Crippen LogP contribution is -2.00. The fourth-order valence-corrected chi connectivity index (χ4v) is 9.44. The van der Waals surface area contributed by atoms with Crippen LogP contribution < -0.4 is 0 Å². The van der Waals surface area contributed by atoms with Crippen molar-refractivity contribution in [1.82, 2.24) is 15.0 Å². The third kappa shape index (κ3) is 5.26. The fourth-order valence-electron chi connectivity index (χ4n) is 9.44. The van der Waals surface area contributed by atoms with E-state index in [1.165, 1.54) is 80.8 Å². The molecule has 13 aromatic rings. The Morgan fingerprint density at radius 2 is 0.467 bits per heavy atom. The molecule has 0 amide bonds. The number of aromatic nitrogens is 3. The maximum Gasteiger partial charge on any atom is 0.164 e. The molecular formula is C57H33N3. The molecule has 0 saturated heterocycles. The summed E-state index contributed by atoms with van der Waals surface area (Å²) in [6, 6.07) is 72.6. The molecule has 60 heavy (non-hydrogen) atoms. The zero-order valence-corrected chi connectivity index (χ0v) is 32.4. The maximum atomic E-state index is 5.23. The minimum atomic E-state index is 0.644. The van der Waals surface area contributed by atoms with Crippen LogP contribution in [0, 0.1) is 0 Å². The second kappa shape index (κ2) is 12.7. The zero-order valence-electron chi connectivity index (χ0n) is 32.4. The molecule has 0 aliphatic heterocycles. The number of fused-ring (bicyclic) bond motifs is 12. The van der Waals surface area contributed by atoms with E-state index >= 15 is 0 Å². The van der Waals surface area contributed by atoms with E-state index in [9.17, 15) is 0 Å². The molecule has 3 nitrogen and oxygen atoms in total. The van der Waals surface area contributed by atoms with E-state index in [-0.39, 0.29) is 0 Å². The first-order valence-electron chi connectivity index (χ1n) is 20.5. The van der Waals surface area contributed by atoms with Gasteiger partial charge in [-0.1, -0.05) is 146 Å². The number of rotatable bonds is 3. The molecule has 0 bridgehead atoms. The van der Waals surface area contributed by atoms with E-state index < -0.39 is 0 Å². The van der Waals surface area contributed by atoms with Gasteiger partial charge >= 0.3 is 0 Å². The van der Waals surface area contributed by atoms with Crippen LogP contribution in [-0.2, 0) is 0 Å². The van der Waals surface area contributed by atoms with E-state index in [4.69, 9.17) is 15.0 Å². The third-order valence-corrected chi connectivity index (χ3v) is 12.5. The van der Waals surface area contributed by atoms with Crippen LogP contribution in [0.4, 0.5) is 0 Å². The smallest absolute Gasteiger partial charge is 0.164 e. The van der Waals surface area contributed by atoms with Gasteiger partial charge in [0.2, 0.25) is 0 Å². The van der Waals surface area contributed by atoms with Gasteiger partial charge in [-0.15, -0.1) is 0 Å². The summed E-state index contributed by atoms with van der Waals surface area (Å²) in [6.45, 7) is 0. The number of hydrogen-bond acceptors (Lipinski definition) is 3. The van der Waals surface area contributed by atoms with Crippen LogP contribution in [-0.4, -0.2) is 15.0 Å². The average Bonchev–Trinajstić information content (AvgIpc) is 3.31. The molecular weight excluding hydrogens is 727 g/mol. The van der Waals surface area contributed by atoms with Gasteiger partial charge in [-0.2, -0.15) is 0 Å². The molecule has 0 radical (unpaired) electrons. The van der Waals surface area contributed by atoms with Crippen molar-refractivity contribution in [2.45, 2.75) is 0 Å². The Bertz CT molecular complexity index is 3540. The molecule has 0 saturated carbocycles. The second-order valence-corrected chi connectivity index (χ2v) is 16.1. The Balaban J connectivity index is 0.988. The van der Waals surface area contributed by atoms with Gasteiger partial charge in [-0.25, -0.2) is 15.0 Å². The maximum absolute atomic E-state index is 5.23. The highest BCUT2D eigenvalue weighted by Crippen LogP contribution is 2.36. The van der Waals surface area contributed by atoms with E-state index in [1.807, 2.05) is 0 Å². The standard InChI is InChI=1S/C57H33N3/c1-4-10-49-34(7-1)13-19-40-25-46-28-43(22-16-37(46)31-52(40)49)55-58-56(44-23-17-38-32-53-41(26-47(38)29-44)20-14-35-8-2-5-11-50(35)53)60-57(59-55)45-24-18-39-33-54-42(27-48(39)30-45)21-15-36-9-3-6-12-51(36)54/h1-33H. The molecule has 1 aromatic heterocycles. The van der Waals surface area contributed by atoms with Crippen molar-refractivity contribution in [1.29, 1.82) is 0 Å². The first-order valence-corrected chi connectivity index (χ1v) is 20.5. The summed E-state index contributed by atoms with van der Waals surface area (Å²) in [5.74, 6) is 1.93. The van der Waals surface area contributed by atoms with Crippen LogP contribution in [0.25, 0.3) is 131 Å². The highest BCUT2D eigenvalue weighted by Gasteiger charge is 2.16. The predicted molar refractivity (Wildman–Crippen MR) is 254 cm³/mol. The molecule has 0 spiro atoms. The van der Waals surface area contributed by atoms with Crippen LogP contribution in [0.1, 0.15) is 0 Å². The lowest BCUT2D eigenvalue weighted by atomic mass is 9.97. The van der Waals surface area contributed by atoms with E-state index in [0.29, 0.717) is 17.5 Å². The monoisotopic (exact) mass is 759 g/mol. The first-order chi connectivity index (χ1) is 29.6. The third-order valence-electron chi connectivity index (χ3n) is 12.5. The highest BCUT2D eigenvalue weighted by molar-refractivity contribution is 6.15. The lowest BCUT2D eigenvalue weighted by molar-refractivity contribution is 1.08. The Morgan fingerprint density at radius 3 is 0.800 bits per heavy atom. The fraction of sp³-hybridized carbons (Fsp3) is 0. The Hall–Kier alpha value is -8.01. The van der Waals surface area contributed by atoms with Gasteiger partial charge in [0, 0.05) is 16.7 Å². The summed E-state index contributed by atoms with van der Waals surface area (Å²) in [6.07, 6.45) is 0. The zero-order chi connectivity index (χ0) is 39.3. The summed E-state index contributed by atoms with van der Waals surface area (Å²) in [5.41, 5.74) is 2.85. The Kier molecular flexibility index (Phi) is 7.01. The Morgan fingerprint density at radius 1 is 0.183 bits per heavy atom. The lowest BCUT2D eigenvalue weighted by Gasteiger charge is -2.12. The molecule has 1 heterocycles. The minimum absolute atomic E-state index is 0.644. The molecule has 12 aromatic carbocycles. The van der Waals surface area contributed by atoms with Crippen LogP contribution >= 0.6 is 0 Å². The van der Waals surface area contributed by atoms with Crippen molar-refractivity contribution in [3.05, 3.63) is 200 Å². The summed E-state index contributed by atoms with van der Waals surface area (Å²) in [7, 11) is 0. The quantitative estimate of drug-likeness (QED) is 0.133. The van der Waals surface area contributed by atoms with Crippen molar-refractivity contribution in [2.24, 2.45) is 0 Å². The van der Waals surface area contributed by atoms with E-state index in [0.717, 1.165) is 32.8 Å². The van der Waals surface area contributed by atoms with E-state index in [2.05, 4.69) is 200 Å². The molecule has 0 aliphatic carbocycles. The topological polar surface area (TPSA) is 38.7 Å². The molecule has 0 N–H and O–H groups in total. The molecule has 0 unspecified atom stereocenters. The van der Waals surface area contributed by atoms with Crippen molar-refractivity contribution in [3.8, 4) is 34.2 Å². The summed E-state index contributed by atoms with van der Waals surface area (Å²) in [4.78, 5) is 15.7. The first kappa shape index (κ1) is 33.0. The van der Waals surface area contributed by atoms with Crippen molar-refractivity contribution < 1.29 is 0 Å². The number of nitrogens with zero attached hydrogens (tertiary/aromatic N) is 3. The summed E-state index contributed by atoms with van der Waals surface area (Å²) >= 11 is 0. The molecule has 0 atom stereocenters. The SMILES string of the molecule is c1ccc2c(c1)ccc1cc3cc(-c4nc(-c5ccc6cc7c(ccc8ccccc87)cc6c5)nc(-c5ccc6cc7c(ccc8ccccc87)cc6c5)n4)ccc3cc12. The number of benzene rings is 12. The summed E-state index contributed by atoms with van der Waals surface area (Å²) in [5, 5.41) is 21.9. The molecule has 276 valence electrons. The van der Waals surface area contributed by atoms with Crippen molar-refractivity contribution >= 4 is 97.0 Å². The van der Waals surface area contributed by atoms with Crippen LogP contribution in [0.5, 0.6) is 0 Å². The van der Waals surface area contributed by atoms with Gasteiger partial charge in [0.25, 0.3) is 0 Å². The minimum Gasteiger partial charge on any atom is -0.208 e. The molecule has 0 aliphatic rings. The van der Waals surface area contributed by atoms with Gasteiger partial charge in [0.1, 0.15) is 0 Å². The molecule has 13 rings (SSSR count). The van der Waals surface area contributed by atoms with Gasteiger partial charge in [0.15, 0.2) is 17.5 Å². The molecule has 3 heteroatoms. The van der Waals surface area contributed by atoms with Gasteiger partial charge in [-0.05, 0) is 152 Å². The van der Waals surface area contributed by atoms with Crippen molar-refractivity contribution in [3.63, 3.8) is 0 Å².